The van der Waals surface area contributed by atoms with E-state index in [1.807, 2.05) is 5.51 Å². The summed E-state index contributed by atoms with van der Waals surface area (Å²) in [6, 6.07) is 4.48. The van der Waals surface area contributed by atoms with Gasteiger partial charge in [-0.15, -0.1) is 11.3 Å². The maximum Gasteiger partial charge on any atom is 0.175 e. The van der Waals surface area contributed by atoms with E-state index in [-0.39, 0.29) is 0 Å². The molecule has 0 spiro atoms. The number of imidazole rings is 1. The number of aromatic nitrogens is 5. The molecule has 0 saturated carbocycles. The Kier molecular flexibility index (Phi) is 6.16. The molecule has 5 rings (SSSR count). The van der Waals surface area contributed by atoms with Gasteiger partial charge in [0.25, 0.3) is 0 Å². The lowest BCUT2D eigenvalue weighted by molar-refractivity contribution is 0.516. The molecule has 168 valence electrons. The lowest BCUT2D eigenvalue weighted by Gasteiger charge is -2.21. The Morgan fingerprint density at radius 1 is 1.19 bits per heavy atom. The summed E-state index contributed by atoms with van der Waals surface area (Å²) in [5.74, 6) is 1.02. The van der Waals surface area contributed by atoms with E-state index >= 15 is 0 Å². The van der Waals surface area contributed by atoms with Gasteiger partial charge >= 0.3 is 0 Å². The summed E-state index contributed by atoms with van der Waals surface area (Å²) in [6.45, 7) is 9.18. The zero-order valence-electron chi connectivity index (χ0n) is 18.4. The van der Waals surface area contributed by atoms with Gasteiger partial charge in [-0.05, 0) is 49.2 Å². The molecule has 1 aliphatic rings. The second-order valence-corrected chi connectivity index (χ2v) is 10.4. The third-order valence-corrected chi connectivity index (χ3v) is 7.48. The van der Waals surface area contributed by atoms with E-state index in [4.69, 9.17) is 10.7 Å². The van der Waals surface area contributed by atoms with Crippen LogP contribution in [0.1, 0.15) is 26.7 Å². The molecule has 0 aliphatic carbocycles. The van der Waals surface area contributed by atoms with Gasteiger partial charge in [0.15, 0.2) is 22.1 Å². The van der Waals surface area contributed by atoms with Crippen LogP contribution in [0.5, 0.6) is 0 Å². The number of hydrogen-bond acceptors (Lipinski definition) is 9. The average molecular weight is 469 g/mol. The highest BCUT2D eigenvalue weighted by atomic mass is 32.2. The molecule has 8 nitrogen and oxygen atoms in total. The maximum atomic E-state index is 6.15. The van der Waals surface area contributed by atoms with Crippen LogP contribution in [-0.4, -0.2) is 50.7 Å². The smallest absolute Gasteiger partial charge is 0.175 e. The predicted octanol–water partition coefficient (Wildman–Crippen LogP) is 4.02. The number of hydrogen-bond donors (Lipinski definition) is 2. The van der Waals surface area contributed by atoms with Crippen LogP contribution >= 0.6 is 23.1 Å². The molecule has 4 aromatic rings. The highest BCUT2D eigenvalue weighted by Gasteiger charge is 2.21. The fraction of sp³-hybridized carbons (Fsp3) is 0.455. The lowest BCUT2D eigenvalue weighted by Crippen LogP contribution is -2.24. The predicted molar refractivity (Wildman–Crippen MR) is 133 cm³/mol. The lowest BCUT2D eigenvalue weighted by atomic mass is 10.2. The van der Waals surface area contributed by atoms with Crippen molar-refractivity contribution in [3.05, 3.63) is 24.0 Å². The maximum absolute atomic E-state index is 6.15. The Hall–Kier alpha value is -2.43. The molecule has 0 unspecified atom stereocenters. The third kappa shape index (κ3) is 4.26. The van der Waals surface area contributed by atoms with Gasteiger partial charge in [-0.2, -0.15) is 0 Å². The fourth-order valence-corrected chi connectivity index (χ4v) is 5.83. The summed E-state index contributed by atoms with van der Waals surface area (Å²) in [5, 5.41) is 4.40. The van der Waals surface area contributed by atoms with Crippen molar-refractivity contribution >= 4 is 56.0 Å². The van der Waals surface area contributed by atoms with Gasteiger partial charge in [0.05, 0.1) is 21.4 Å². The molecule has 32 heavy (non-hydrogen) atoms. The molecular formula is C22H28N8S2. The highest BCUT2D eigenvalue weighted by molar-refractivity contribution is 7.99. The molecule has 4 heterocycles. The molecule has 1 fully saturated rings. The molecule has 1 saturated heterocycles. The van der Waals surface area contributed by atoms with Crippen molar-refractivity contribution in [3.8, 4) is 0 Å². The summed E-state index contributed by atoms with van der Waals surface area (Å²) in [6.07, 6.45) is 3.98. The Morgan fingerprint density at radius 3 is 2.84 bits per heavy atom. The van der Waals surface area contributed by atoms with Crippen molar-refractivity contribution in [2.24, 2.45) is 5.92 Å². The van der Waals surface area contributed by atoms with Crippen molar-refractivity contribution in [1.29, 1.82) is 0 Å². The van der Waals surface area contributed by atoms with Crippen LogP contribution in [0.25, 0.3) is 21.4 Å². The van der Waals surface area contributed by atoms with Crippen molar-refractivity contribution in [2.75, 3.05) is 36.8 Å². The molecule has 0 radical (unpaired) electrons. The van der Waals surface area contributed by atoms with Crippen LogP contribution in [0.2, 0.25) is 0 Å². The summed E-state index contributed by atoms with van der Waals surface area (Å²) >= 11 is 3.36. The second-order valence-electron chi connectivity index (χ2n) is 8.51. The van der Waals surface area contributed by atoms with E-state index in [9.17, 15) is 0 Å². The van der Waals surface area contributed by atoms with E-state index in [1.165, 1.54) is 34.5 Å². The number of nitrogens with two attached hydrogens (primary N) is 1. The standard InChI is InChI=1S/C22H28N8S2/c1-14(2)11-24-5-8-30-21-19(20(23)25-12-26-21)28-22(30)32-18-9-15-17(31-13-27-15)10-16(18)29-6-3-4-7-29/h9-10,12-14,24H,3-8,11H2,1-2H3,(H2,23,25,26). The SMILES string of the molecule is CC(C)CNCCn1c(Sc2cc3ncsc3cc2N2CCCC2)nc2c(N)ncnc21. The minimum Gasteiger partial charge on any atom is -0.382 e. The number of thiazole rings is 1. The summed E-state index contributed by atoms with van der Waals surface area (Å²) in [4.78, 5) is 21.7. The van der Waals surface area contributed by atoms with Gasteiger partial charge < -0.3 is 20.5 Å². The van der Waals surface area contributed by atoms with E-state index in [1.54, 1.807) is 23.1 Å². The molecule has 3 N–H and O–H groups in total. The number of fused-ring (bicyclic) bond motifs is 2. The molecule has 3 aromatic heterocycles. The zero-order valence-corrected chi connectivity index (χ0v) is 20.0. The van der Waals surface area contributed by atoms with Crippen molar-refractivity contribution in [1.82, 2.24) is 29.8 Å². The van der Waals surface area contributed by atoms with Gasteiger partial charge in [-0.1, -0.05) is 13.8 Å². The first-order chi connectivity index (χ1) is 15.6. The minimum absolute atomic E-state index is 0.417. The van der Waals surface area contributed by atoms with E-state index < -0.39 is 0 Å². The molecular weight excluding hydrogens is 440 g/mol. The average Bonchev–Trinajstić information content (AvgIpc) is 3.51. The van der Waals surface area contributed by atoms with Crippen LogP contribution in [0.4, 0.5) is 11.5 Å². The number of benzene rings is 1. The van der Waals surface area contributed by atoms with Gasteiger partial charge in [-0.25, -0.2) is 19.9 Å². The first-order valence-electron chi connectivity index (χ1n) is 11.1. The summed E-state index contributed by atoms with van der Waals surface area (Å²) < 4.78 is 3.38. The first-order valence-corrected chi connectivity index (χ1v) is 12.8. The third-order valence-electron chi connectivity index (χ3n) is 5.65. The van der Waals surface area contributed by atoms with E-state index in [0.717, 1.165) is 49.0 Å². The first kappa shape index (κ1) is 21.4. The quantitative estimate of drug-likeness (QED) is 0.374. The molecule has 10 heteroatoms. The molecule has 1 aromatic carbocycles. The second kappa shape index (κ2) is 9.21. The van der Waals surface area contributed by atoms with Gasteiger partial charge in [0.2, 0.25) is 0 Å². The minimum atomic E-state index is 0.417. The molecule has 1 aliphatic heterocycles. The zero-order chi connectivity index (χ0) is 22.1. The summed E-state index contributed by atoms with van der Waals surface area (Å²) in [7, 11) is 0. The van der Waals surface area contributed by atoms with Crippen molar-refractivity contribution in [3.63, 3.8) is 0 Å². The number of rotatable bonds is 8. The van der Waals surface area contributed by atoms with E-state index in [0.29, 0.717) is 17.3 Å². The van der Waals surface area contributed by atoms with Crippen LogP contribution in [-0.2, 0) is 6.54 Å². The number of nitrogen functional groups attached to an aromatic ring is 1. The monoisotopic (exact) mass is 468 g/mol. The Balaban J connectivity index is 1.53. The van der Waals surface area contributed by atoms with Crippen molar-refractivity contribution in [2.45, 2.75) is 43.3 Å². The molecule has 0 amide bonds. The number of nitrogens with zero attached hydrogens (tertiary/aromatic N) is 6. The van der Waals surface area contributed by atoms with Crippen molar-refractivity contribution < 1.29 is 0 Å². The van der Waals surface area contributed by atoms with Crippen LogP contribution < -0.4 is 16.0 Å². The highest BCUT2D eigenvalue weighted by Crippen LogP contribution is 2.40. The Morgan fingerprint density at radius 2 is 2.03 bits per heavy atom. The van der Waals surface area contributed by atoms with E-state index in [2.05, 4.69) is 55.7 Å². The Bertz CT molecular complexity index is 1230. The summed E-state index contributed by atoms with van der Waals surface area (Å²) in [5.41, 5.74) is 11.8. The molecule has 0 bridgehead atoms. The number of anilines is 2. The van der Waals surface area contributed by atoms with Gasteiger partial charge in [0, 0.05) is 31.1 Å². The topological polar surface area (TPSA) is 97.8 Å². The van der Waals surface area contributed by atoms with Crippen LogP contribution in [0, 0.1) is 5.92 Å². The van der Waals surface area contributed by atoms with Gasteiger partial charge in [0.1, 0.15) is 6.33 Å². The van der Waals surface area contributed by atoms with Gasteiger partial charge in [-0.3, -0.25) is 0 Å². The van der Waals surface area contributed by atoms with Crippen LogP contribution in [0.3, 0.4) is 0 Å². The molecule has 0 atom stereocenters. The number of nitrogens with one attached hydrogen (secondary N) is 1. The fourth-order valence-electron chi connectivity index (χ4n) is 4.05. The van der Waals surface area contributed by atoms with Crippen LogP contribution in [0.15, 0.2) is 34.0 Å². The normalized spacial score (nSPS) is 14.4. The Labute approximate surface area is 195 Å². The largest absolute Gasteiger partial charge is 0.382 e.